The fraction of sp³-hybridized carbons (Fsp3) is 0.615. The van der Waals surface area contributed by atoms with Gasteiger partial charge >= 0.3 is 5.69 Å². The third-order valence-electron chi connectivity index (χ3n) is 3.56. The highest BCUT2D eigenvalue weighted by Crippen LogP contribution is 2.43. The Hall–Kier alpha value is -1.60. The average Bonchev–Trinajstić information content (AvgIpc) is 2.91. The molecule has 9 heteroatoms. The van der Waals surface area contributed by atoms with Crippen molar-refractivity contribution in [3.8, 4) is 5.40 Å². The van der Waals surface area contributed by atoms with Crippen LogP contribution in [0.3, 0.4) is 0 Å². The van der Waals surface area contributed by atoms with Crippen LogP contribution in [0.25, 0.3) is 0 Å². The summed E-state index contributed by atoms with van der Waals surface area (Å²) in [5.41, 5.74) is -1.05. The van der Waals surface area contributed by atoms with E-state index < -0.39 is 29.4 Å². The Morgan fingerprint density at radius 3 is 2.82 bits per heavy atom. The zero-order valence-corrected chi connectivity index (χ0v) is 12.8. The SMILES string of the molecule is CC1(C)O[C@H]2[C@H](O1)[C@@H](n1ccc(=O)[nH]c1=O)O[C@H]2CSC#N. The van der Waals surface area contributed by atoms with Crippen LogP contribution in [0, 0.1) is 10.7 Å². The molecular formula is C13H15N3O5S. The topological polar surface area (TPSA) is 106 Å². The lowest BCUT2D eigenvalue weighted by molar-refractivity contribution is -0.194. The second kappa shape index (κ2) is 5.55. The molecule has 0 unspecified atom stereocenters. The van der Waals surface area contributed by atoms with Gasteiger partial charge in [0.25, 0.3) is 5.56 Å². The molecule has 0 radical (unpaired) electrons. The first kappa shape index (κ1) is 15.3. The van der Waals surface area contributed by atoms with Gasteiger partial charge in [-0.05, 0) is 25.6 Å². The van der Waals surface area contributed by atoms with Crippen LogP contribution in [-0.2, 0) is 14.2 Å². The summed E-state index contributed by atoms with van der Waals surface area (Å²) in [6.45, 7) is 3.57. The number of ether oxygens (including phenoxy) is 3. The molecule has 0 spiro atoms. The quantitative estimate of drug-likeness (QED) is 0.789. The smallest absolute Gasteiger partial charge is 0.330 e. The second-order valence-electron chi connectivity index (χ2n) is 5.55. The van der Waals surface area contributed by atoms with Crippen molar-refractivity contribution in [3.05, 3.63) is 33.1 Å². The number of nitriles is 1. The van der Waals surface area contributed by atoms with Gasteiger partial charge in [-0.15, -0.1) is 0 Å². The third-order valence-corrected chi connectivity index (χ3v) is 4.19. The maximum atomic E-state index is 12.0. The van der Waals surface area contributed by atoms with E-state index in [4.69, 9.17) is 19.5 Å². The average molecular weight is 325 g/mol. The van der Waals surface area contributed by atoms with Gasteiger partial charge in [0.2, 0.25) is 0 Å². The van der Waals surface area contributed by atoms with Crippen molar-refractivity contribution in [1.29, 1.82) is 5.26 Å². The van der Waals surface area contributed by atoms with Crippen LogP contribution in [0.4, 0.5) is 0 Å². The zero-order valence-electron chi connectivity index (χ0n) is 12.0. The molecule has 0 aliphatic carbocycles. The van der Waals surface area contributed by atoms with Crippen LogP contribution in [-0.4, -0.2) is 39.4 Å². The van der Waals surface area contributed by atoms with E-state index in [0.29, 0.717) is 5.75 Å². The normalized spacial score (nSPS) is 32.6. The van der Waals surface area contributed by atoms with Gasteiger partial charge in [0.15, 0.2) is 12.0 Å². The first-order chi connectivity index (χ1) is 10.4. The van der Waals surface area contributed by atoms with E-state index in [1.165, 1.54) is 16.8 Å². The monoisotopic (exact) mass is 325 g/mol. The van der Waals surface area contributed by atoms with Crippen LogP contribution >= 0.6 is 11.8 Å². The first-order valence-corrected chi connectivity index (χ1v) is 7.73. The van der Waals surface area contributed by atoms with Crippen LogP contribution in [0.2, 0.25) is 0 Å². The van der Waals surface area contributed by atoms with Crippen LogP contribution in [0.1, 0.15) is 20.1 Å². The lowest BCUT2D eigenvalue weighted by atomic mass is 10.1. The predicted molar refractivity (Wildman–Crippen MR) is 77.1 cm³/mol. The number of fused-ring (bicyclic) bond motifs is 1. The molecule has 2 aliphatic rings. The number of aromatic amines is 1. The van der Waals surface area contributed by atoms with E-state index >= 15 is 0 Å². The summed E-state index contributed by atoms with van der Waals surface area (Å²) in [5, 5.41) is 10.7. The maximum absolute atomic E-state index is 12.0. The molecule has 1 aromatic heterocycles. The first-order valence-electron chi connectivity index (χ1n) is 6.75. The predicted octanol–water partition coefficient (Wildman–Crippen LogP) is 0.168. The molecular weight excluding hydrogens is 310 g/mol. The summed E-state index contributed by atoms with van der Waals surface area (Å²) in [6, 6.07) is 1.25. The van der Waals surface area contributed by atoms with Crippen LogP contribution in [0.5, 0.6) is 0 Å². The largest absolute Gasteiger partial charge is 0.348 e. The van der Waals surface area contributed by atoms with Gasteiger partial charge in [0.1, 0.15) is 17.6 Å². The van der Waals surface area contributed by atoms with Gasteiger partial charge < -0.3 is 14.2 Å². The van der Waals surface area contributed by atoms with Gasteiger partial charge in [-0.2, -0.15) is 5.26 Å². The van der Waals surface area contributed by atoms with Crippen molar-refractivity contribution >= 4 is 11.8 Å². The van der Waals surface area contributed by atoms with E-state index in [1.807, 2.05) is 5.40 Å². The molecule has 1 aromatic rings. The number of rotatable bonds is 3. The highest BCUT2D eigenvalue weighted by atomic mass is 32.2. The maximum Gasteiger partial charge on any atom is 0.330 e. The van der Waals surface area contributed by atoms with E-state index in [1.54, 1.807) is 13.8 Å². The molecule has 4 atom stereocenters. The molecule has 8 nitrogen and oxygen atoms in total. The molecule has 0 bridgehead atoms. The third kappa shape index (κ3) is 2.70. The number of H-pyrrole nitrogens is 1. The van der Waals surface area contributed by atoms with Gasteiger partial charge in [-0.3, -0.25) is 14.3 Å². The molecule has 118 valence electrons. The Kier molecular flexibility index (Phi) is 3.86. The van der Waals surface area contributed by atoms with Gasteiger partial charge in [-0.1, -0.05) is 0 Å². The number of nitrogens with zero attached hydrogens (tertiary/aromatic N) is 2. The summed E-state index contributed by atoms with van der Waals surface area (Å²) in [6.07, 6.45) is -0.569. The number of nitrogens with one attached hydrogen (secondary N) is 1. The molecule has 22 heavy (non-hydrogen) atoms. The fourth-order valence-electron chi connectivity index (χ4n) is 2.76. The summed E-state index contributed by atoms with van der Waals surface area (Å²) in [7, 11) is 0. The Balaban J connectivity index is 1.93. The minimum atomic E-state index is -0.793. The molecule has 3 rings (SSSR count). The van der Waals surface area contributed by atoms with Crippen molar-refractivity contribution in [2.24, 2.45) is 0 Å². The molecule has 0 saturated carbocycles. The highest BCUT2D eigenvalue weighted by molar-refractivity contribution is 8.03. The molecule has 1 N–H and O–H groups in total. The number of thiocyanates is 1. The molecule has 2 aliphatic heterocycles. The molecule has 2 fully saturated rings. The Bertz CT molecular complexity index is 721. The summed E-state index contributed by atoms with van der Waals surface area (Å²) < 4.78 is 18.8. The molecule has 2 saturated heterocycles. The van der Waals surface area contributed by atoms with Crippen molar-refractivity contribution < 1.29 is 14.2 Å². The summed E-state index contributed by atoms with van der Waals surface area (Å²) in [4.78, 5) is 25.4. The van der Waals surface area contributed by atoms with E-state index in [2.05, 4.69) is 4.98 Å². The molecule has 0 aromatic carbocycles. The highest BCUT2D eigenvalue weighted by Gasteiger charge is 2.55. The lowest BCUT2D eigenvalue weighted by Gasteiger charge is -2.24. The van der Waals surface area contributed by atoms with E-state index in [0.717, 1.165) is 11.8 Å². The number of hydrogen-bond donors (Lipinski definition) is 1. The van der Waals surface area contributed by atoms with E-state index in [-0.39, 0.29) is 12.2 Å². The fourth-order valence-corrected chi connectivity index (χ4v) is 3.27. The Morgan fingerprint density at radius 1 is 1.41 bits per heavy atom. The standard InChI is InChI=1S/C13H15N3O5S/c1-13(2)20-9-7(5-22-6-14)19-11(10(9)21-13)16-4-3-8(17)15-12(16)18/h3-4,7,9-11H,5H2,1-2H3,(H,15,17,18)/t7-,9+,10-,11-/m0/s1. The van der Waals surface area contributed by atoms with Gasteiger partial charge in [-0.25, -0.2) is 4.79 Å². The van der Waals surface area contributed by atoms with Crippen molar-refractivity contribution in [2.45, 2.75) is 44.2 Å². The number of thioether (sulfide) groups is 1. The summed E-state index contributed by atoms with van der Waals surface area (Å²) >= 11 is 1.06. The van der Waals surface area contributed by atoms with E-state index in [9.17, 15) is 9.59 Å². The number of hydrogen-bond acceptors (Lipinski definition) is 7. The van der Waals surface area contributed by atoms with Crippen LogP contribution < -0.4 is 11.2 Å². The molecule has 3 heterocycles. The molecule has 0 amide bonds. The van der Waals surface area contributed by atoms with Crippen molar-refractivity contribution in [2.75, 3.05) is 5.75 Å². The van der Waals surface area contributed by atoms with Gasteiger partial charge in [0.05, 0.1) is 6.10 Å². The van der Waals surface area contributed by atoms with Crippen LogP contribution in [0.15, 0.2) is 21.9 Å². The number of aromatic nitrogens is 2. The summed E-state index contributed by atoms with van der Waals surface area (Å²) in [5.74, 6) is -0.384. The minimum Gasteiger partial charge on any atom is -0.348 e. The second-order valence-corrected chi connectivity index (χ2v) is 6.35. The Morgan fingerprint density at radius 2 is 2.14 bits per heavy atom. The zero-order chi connectivity index (χ0) is 15.9. The minimum absolute atomic E-state index is 0.375. The van der Waals surface area contributed by atoms with Gasteiger partial charge in [0, 0.05) is 18.0 Å². The lowest BCUT2D eigenvalue weighted by Crippen LogP contribution is -2.37. The van der Waals surface area contributed by atoms with Crippen molar-refractivity contribution in [1.82, 2.24) is 9.55 Å². The Labute approximate surface area is 130 Å². The van der Waals surface area contributed by atoms with Crippen molar-refractivity contribution in [3.63, 3.8) is 0 Å².